The van der Waals surface area contributed by atoms with Crippen molar-refractivity contribution in [3.63, 3.8) is 0 Å². The van der Waals surface area contributed by atoms with E-state index in [0.717, 1.165) is 53.1 Å². The third-order valence-electron chi connectivity index (χ3n) is 9.28. The summed E-state index contributed by atoms with van der Waals surface area (Å²) < 4.78 is 29.6. The van der Waals surface area contributed by atoms with Gasteiger partial charge in [0.15, 0.2) is 0 Å². The molecular weight excluding hydrogens is 580 g/mol. The quantitative estimate of drug-likeness (QED) is 0.170. The Morgan fingerprint density at radius 3 is 2.39 bits per heavy atom. The first kappa shape index (κ1) is 35.1. The first-order chi connectivity index (χ1) is 22.0. The van der Waals surface area contributed by atoms with E-state index in [1.807, 2.05) is 55.4 Å². The van der Waals surface area contributed by atoms with Crippen molar-refractivity contribution in [2.45, 2.75) is 118 Å². The Hall–Kier alpha value is -3.81. The number of amides is 1. The van der Waals surface area contributed by atoms with E-state index in [1.54, 1.807) is 6.33 Å². The molecule has 1 saturated carbocycles. The van der Waals surface area contributed by atoms with Crippen LogP contribution in [0.3, 0.4) is 0 Å². The Morgan fingerprint density at radius 2 is 1.78 bits per heavy atom. The molecule has 1 aliphatic carbocycles. The van der Waals surface area contributed by atoms with E-state index in [9.17, 15) is 13.6 Å². The smallest absolute Gasteiger partial charge is 0.239 e. The summed E-state index contributed by atoms with van der Waals surface area (Å²) in [6.45, 7) is 18.9. The fraction of sp³-hybridized carbons (Fsp3) is 0.500. The maximum Gasteiger partial charge on any atom is 0.239 e. The molecule has 248 valence electrons. The molecule has 1 atom stereocenters. The van der Waals surface area contributed by atoms with E-state index >= 15 is 0 Å². The highest BCUT2D eigenvalue weighted by atomic mass is 19.1. The van der Waals surface area contributed by atoms with Crippen LogP contribution in [0.25, 0.3) is 17.3 Å². The number of carbonyl (C=O) groups excluding carboxylic acids is 1. The molecule has 8 heteroatoms. The molecule has 6 nitrogen and oxygen atoms in total. The maximum atomic E-state index is 14.3. The predicted octanol–water partition coefficient (Wildman–Crippen LogP) is 8.49. The van der Waals surface area contributed by atoms with Gasteiger partial charge in [-0.15, -0.1) is 0 Å². The molecule has 0 bridgehead atoms. The number of benzene rings is 1. The van der Waals surface area contributed by atoms with Crippen LogP contribution in [0.1, 0.15) is 123 Å². The Morgan fingerprint density at radius 1 is 1.09 bits per heavy atom. The monoisotopic (exact) mass is 631 g/mol. The number of imidazole rings is 1. The lowest BCUT2D eigenvalue weighted by Gasteiger charge is -2.41. The van der Waals surface area contributed by atoms with E-state index in [1.165, 1.54) is 38.2 Å². The van der Waals surface area contributed by atoms with E-state index in [0.29, 0.717) is 17.0 Å². The van der Waals surface area contributed by atoms with Gasteiger partial charge in [0.2, 0.25) is 17.8 Å². The molecule has 2 aliphatic rings. The molecule has 0 saturated heterocycles. The second-order valence-corrected chi connectivity index (χ2v) is 13.0. The molecule has 1 unspecified atom stereocenters. The topological polar surface area (TPSA) is 63.1 Å². The van der Waals surface area contributed by atoms with Crippen LogP contribution in [0.4, 0.5) is 20.2 Å². The van der Waals surface area contributed by atoms with Crippen LogP contribution < -0.4 is 20.9 Å². The van der Waals surface area contributed by atoms with Crippen LogP contribution in [0.15, 0.2) is 43.2 Å². The van der Waals surface area contributed by atoms with Gasteiger partial charge in [-0.3, -0.25) is 4.79 Å². The largest absolute Gasteiger partial charge is 0.354 e. The van der Waals surface area contributed by atoms with Crippen LogP contribution in [-0.2, 0) is 4.79 Å². The third kappa shape index (κ3) is 7.76. The number of nitrogens with one attached hydrogen (secondary N) is 1. The van der Waals surface area contributed by atoms with Crippen molar-refractivity contribution in [2.24, 2.45) is 5.92 Å². The van der Waals surface area contributed by atoms with Crippen molar-refractivity contribution in [1.29, 1.82) is 0 Å². The second-order valence-electron chi connectivity index (χ2n) is 13.0. The third-order valence-corrected chi connectivity index (χ3v) is 9.28. The van der Waals surface area contributed by atoms with Crippen LogP contribution >= 0.6 is 0 Å². The summed E-state index contributed by atoms with van der Waals surface area (Å²) in [7, 11) is 0. The Balaban J connectivity index is 0.000000617. The van der Waals surface area contributed by atoms with E-state index in [-0.39, 0.29) is 29.6 Å². The summed E-state index contributed by atoms with van der Waals surface area (Å²) in [5.41, 5.74) is 4.43. The lowest BCUT2D eigenvalue weighted by molar-refractivity contribution is -0.120. The number of hydrogen-bond donors (Lipinski definition) is 1. The molecule has 0 spiro atoms. The van der Waals surface area contributed by atoms with E-state index in [4.69, 9.17) is 0 Å². The number of halogens is 2. The van der Waals surface area contributed by atoms with Crippen LogP contribution in [0.2, 0.25) is 0 Å². The SMILES string of the molecule is C=C(/C=c1/ncn(C(C)C)/c1=C(/C)Nc1ccc(F)nc1F)c1ccc2c(c1)N(C1CC(CC)C1)C(=O)C2C.CCCCCCC. The van der Waals surface area contributed by atoms with Gasteiger partial charge in [0.05, 0.1) is 28.6 Å². The molecule has 3 aromatic rings. The van der Waals surface area contributed by atoms with Gasteiger partial charge in [-0.2, -0.15) is 13.8 Å². The number of carbonyl (C=O) groups is 1. The van der Waals surface area contributed by atoms with Crippen molar-refractivity contribution < 1.29 is 13.6 Å². The highest BCUT2D eigenvalue weighted by molar-refractivity contribution is 6.06. The zero-order valence-electron chi connectivity index (χ0n) is 28.7. The number of unbranched alkanes of at least 4 members (excludes halogenated alkanes) is 4. The summed E-state index contributed by atoms with van der Waals surface area (Å²) >= 11 is 0. The highest BCUT2D eigenvalue weighted by Gasteiger charge is 2.43. The summed E-state index contributed by atoms with van der Waals surface area (Å²) in [4.78, 5) is 23.1. The van der Waals surface area contributed by atoms with Gasteiger partial charge in [-0.25, -0.2) is 4.98 Å². The van der Waals surface area contributed by atoms with Crippen molar-refractivity contribution >= 4 is 34.6 Å². The molecule has 5 rings (SSSR count). The molecule has 1 N–H and O–H groups in total. The Bertz CT molecular complexity index is 1650. The van der Waals surface area contributed by atoms with Crippen LogP contribution in [-0.4, -0.2) is 26.5 Å². The first-order valence-electron chi connectivity index (χ1n) is 17.0. The minimum Gasteiger partial charge on any atom is -0.354 e. The average molecular weight is 632 g/mol. The summed E-state index contributed by atoms with van der Waals surface area (Å²) in [6.07, 6.45) is 13.9. The summed E-state index contributed by atoms with van der Waals surface area (Å²) in [5, 5.41) is 4.46. The number of anilines is 2. The second kappa shape index (κ2) is 15.7. The summed E-state index contributed by atoms with van der Waals surface area (Å²) in [5.74, 6) is -1.07. The summed E-state index contributed by atoms with van der Waals surface area (Å²) in [6, 6.07) is 8.91. The van der Waals surface area contributed by atoms with Crippen molar-refractivity contribution in [3.8, 4) is 0 Å². The van der Waals surface area contributed by atoms with Gasteiger partial charge < -0.3 is 14.8 Å². The standard InChI is InChI=1S/C31H35F2N5O.C7H16/c1-7-21-13-23(14-21)38-27-15-22(8-9-24(27)19(5)31(38)39)18(4)12-26-29(37(16-34-26)17(2)3)20(6)35-25-10-11-28(32)36-30(25)33;1-3-5-7-6-4-2/h8-12,15-17,19,21,23,35H,4,7,13-14H2,1-3,5-6H3;3-7H2,1-2H3/b26-12+,29-20-;. The van der Waals surface area contributed by atoms with Crippen LogP contribution in [0, 0.1) is 17.8 Å². The number of hydrogen-bond acceptors (Lipinski definition) is 4. The van der Waals surface area contributed by atoms with Gasteiger partial charge in [0.25, 0.3) is 0 Å². The zero-order valence-corrected chi connectivity index (χ0v) is 28.7. The van der Waals surface area contributed by atoms with E-state index in [2.05, 4.69) is 48.7 Å². The molecule has 3 heterocycles. The lowest BCUT2D eigenvalue weighted by Crippen LogP contribution is -2.46. The maximum absolute atomic E-state index is 14.3. The van der Waals surface area contributed by atoms with Gasteiger partial charge in [0, 0.05) is 23.5 Å². The number of aromatic nitrogens is 3. The number of rotatable bonds is 11. The fourth-order valence-corrected chi connectivity index (χ4v) is 6.35. The Kier molecular flexibility index (Phi) is 11.9. The molecule has 1 aromatic carbocycles. The normalized spacial score (nSPS) is 19.9. The molecule has 0 radical (unpaired) electrons. The lowest BCUT2D eigenvalue weighted by atomic mass is 9.77. The van der Waals surface area contributed by atoms with E-state index < -0.39 is 11.9 Å². The van der Waals surface area contributed by atoms with Gasteiger partial charge in [0.1, 0.15) is 0 Å². The van der Waals surface area contributed by atoms with Gasteiger partial charge >= 0.3 is 0 Å². The predicted molar refractivity (Wildman–Crippen MR) is 186 cm³/mol. The number of fused-ring (bicyclic) bond motifs is 1. The molecule has 1 aliphatic heterocycles. The fourth-order valence-electron chi connectivity index (χ4n) is 6.35. The zero-order chi connectivity index (χ0) is 33.5. The van der Waals surface area contributed by atoms with Gasteiger partial charge in [-0.05, 0) is 87.4 Å². The molecule has 1 fully saturated rings. The highest BCUT2D eigenvalue weighted by Crippen LogP contribution is 2.45. The molecule has 46 heavy (non-hydrogen) atoms. The molecular formula is C38H51F2N5O. The van der Waals surface area contributed by atoms with Crippen molar-refractivity contribution in [3.05, 3.63) is 77.0 Å². The molecule has 1 amide bonds. The van der Waals surface area contributed by atoms with Crippen molar-refractivity contribution in [2.75, 3.05) is 10.2 Å². The first-order valence-corrected chi connectivity index (χ1v) is 17.0. The number of allylic oxidation sites excluding steroid dienone is 1. The minimum absolute atomic E-state index is 0.0778. The number of nitrogens with zero attached hydrogens (tertiary/aromatic N) is 4. The van der Waals surface area contributed by atoms with Crippen molar-refractivity contribution in [1.82, 2.24) is 14.5 Å². The van der Waals surface area contributed by atoms with Crippen LogP contribution in [0.5, 0.6) is 0 Å². The Labute approximate surface area is 273 Å². The number of pyridine rings is 1. The molecule has 2 aromatic heterocycles. The van der Waals surface area contributed by atoms with Gasteiger partial charge in [-0.1, -0.05) is 78.0 Å². The minimum atomic E-state index is -0.914. The average Bonchev–Trinajstić information content (AvgIpc) is 3.53.